The fraction of sp³-hybridized carbons (Fsp3) is 0.522. The number of carbonyl (C=O) groups is 1. The van der Waals surface area contributed by atoms with E-state index in [4.69, 9.17) is 4.74 Å². The van der Waals surface area contributed by atoms with Gasteiger partial charge in [-0.3, -0.25) is 14.9 Å². The molecule has 0 saturated carbocycles. The Bertz CT molecular complexity index is 626. The number of ether oxygens (including phenoxy) is 1. The Balaban J connectivity index is 1.65. The predicted octanol–water partition coefficient (Wildman–Crippen LogP) is 4.57. The van der Waals surface area contributed by atoms with Crippen LogP contribution in [0.25, 0.3) is 0 Å². The van der Waals surface area contributed by atoms with Crippen molar-refractivity contribution < 1.29 is 9.53 Å². The standard InChI is InChI=1S/C23H34N4O2/c1-2-3-18-29-23(28)26-16-8-4-5-11-17-27(19-21-12-6-9-14-24-21)20-22-13-7-10-15-25-22/h6-7,9-10,12-15H,2-5,8,11,16-20H2,1H3,(H,26,28). The zero-order chi connectivity index (χ0) is 20.6. The molecule has 0 aromatic carbocycles. The summed E-state index contributed by atoms with van der Waals surface area (Å²) in [5.41, 5.74) is 2.16. The van der Waals surface area contributed by atoms with Crippen LogP contribution in [0.1, 0.15) is 56.8 Å². The molecule has 29 heavy (non-hydrogen) atoms. The fourth-order valence-electron chi connectivity index (χ4n) is 3.02. The maximum atomic E-state index is 11.5. The highest BCUT2D eigenvalue weighted by Crippen LogP contribution is 2.09. The average Bonchev–Trinajstić information content (AvgIpc) is 2.74. The minimum absolute atomic E-state index is 0.296. The second-order valence-electron chi connectivity index (χ2n) is 7.18. The normalized spacial score (nSPS) is 10.8. The summed E-state index contributed by atoms with van der Waals surface area (Å²) in [4.78, 5) is 22.8. The van der Waals surface area contributed by atoms with E-state index in [9.17, 15) is 4.79 Å². The Hall–Kier alpha value is -2.47. The van der Waals surface area contributed by atoms with Crippen molar-refractivity contribution in [1.29, 1.82) is 0 Å². The molecule has 6 heteroatoms. The van der Waals surface area contributed by atoms with E-state index in [-0.39, 0.29) is 6.09 Å². The molecule has 2 aromatic heterocycles. The predicted molar refractivity (Wildman–Crippen MR) is 115 cm³/mol. The quantitative estimate of drug-likeness (QED) is 0.472. The third-order valence-electron chi connectivity index (χ3n) is 4.63. The van der Waals surface area contributed by atoms with Gasteiger partial charge in [0.1, 0.15) is 0 Å². The van der Waals surface area contributed by atoms with Gasteiger partial charge in [0.25, 0.3) is 0 Å². The molecule has 0 spiro atoms. The highest BCUT2D eigenvalue weighted by molar-refractivity contribution is 5.66. The van der Waals surface area contributed by atoms with E-state index < -0.39 is 0 Å². The maximum absolute atomic E-state index is 11.5. The van der Waals surface area contributed by atoms with Gasteiger partial charge in [-0.25, -0.2) is 4.79 Å². The number of aromatic nitrogens is 2. The van der Waals surface area contributed by atoms with Crippen LogP contribution < -0.4 is 5.32 Å². The molecule has 2 heterocycles. The lowest BCUT2D eigenvalue weighted by atomic mass is 10.1. The van der Waals surface area contributed by atoms with Gasteiger partial charge in [0.05, 0.1) is 18.0 Å². The van der Waals surface area contributed by atoms with Crippen LogP contribution in [0, 0.1) is 0 Å². The molecule has 0 unspecified atom stereocenters. The van der Waals surface area contributed by atoms with E-state index in [2.05, 4.69) is 39.2 Å². The van der Waals surface area contributed by atoms with Crippen LogP contribution in [0.4, 0.5) is 4.79 Å². The fourth-order valence-corrected chi connectivity index (χ4v) is 3.02. The molecule has 0 aliphatic carbocycles. The summed E-state index contributed by atoms with van der Waals surface area (Å²) in [5.74, 6) is 0. The number of rotatable bonds is 14. The highest BCUT2D eigenvalue weighted by Gasteiger charge is 2.08. The van der Waals surface area contributed by atoms with Crippen molar-refractivity contribution in [2.45, 2.75) is 58.5 Å². The number of alkyl carbamates (subject to hydrolysis) is 1. The lowest BCUT2D eigenvalue weighted by Crippen LogP contribution is -2.26. The van der Waals surface area contributed by atoms with Gasteiger partial charge in [-0.05, 0) is 50.1 Å². The third-order valence-corrected chi connectivity index (χ3v) is 4.63. The lowest BCUT2D eigenvalue weighted by Gasteiger charge is -2.21. The van der Waals surface area contributed by atoms with Crippen molar-refractivity contribution >= 4 is 6.09 Å². The van der Waals surface area contributed by atoms with Gasteiger partial charge in [0.2, 0.25) is 0 Å². The molecule has 158 valence electrons. The lowest BCUT2D eigenvalue weighted by molar-refractivity contribution is 0.144. The van der Waals surface area contributed by atoms with E-state index in [1.807, 2.05) is 36.7 Å². The van der Waals surface area contributed by atoms with Gasteiger partial charge in [-0.2, -0.15) is 0 Å². The highest BCUT2D eigenvalue weighted by atomic mass is 16.5. The van der Waals surface area contributed by atoms with E-state index >= 15 is 0 Å². The molecule has 2 aromatic rings. The number of nitrogens with one attached hydrogen (secondary N) is 1. The Morgan fingerprint density at radius 2 is 1.59 bits per heavy atom. The number of amides is 1. The minimum atomic E-state index is -0.296. The van der Waals surface area contributed by atoms with Gasteiger partial charge in [-0.15, -0.1) is 0 Å². The molecular weight excluding hydrogens is 364 g/mol. The summed E-state index contributed by atoms with van der Waals surface area (Å²) in [7, 11) is 0. The molecule has 0 aliphatic rings. The zero-order valence-corrected chi connectivity index (χ0v) is 17.6. The Morgan fingerprint density at radius 3 is 2.17 bits per heavy atom. The molecule has 6 nitrogen and oxygen atoms in total. The molecule has 0 radical (unpaired) electrons. The van der Waals surface area contributed by atoms with Gasteiger partial charge in [0.15, 0.2) is 0 Å². The van der Waals surface area contributed by atoms with Crippen molar-refractivity contribution in [2.24, 2.45) is 0 Å². The second kappa shape index (κ2) is 14.5. The molecule has 0 aliphatic heterocycles. The summed E-state index contributed by atoms with van der Waals surface area (Å²) in [6.07, 6.45) is 9.65. The number of unbranched alkanes of at least 4 members (excludes halogenated alkanes) is 4. The van der Waals surface area contributed by atoms with Crippen LogP contribution in [0.2, 0.25) is 0 Å². The van der Waals surface area contributed by atoms with Crippen molar-refractivity contribution in [3.05, 3.63) is 60.2 Å². The largest absolute Gasteiger partial charge is 0.450 e. The Kier molecular flexibility index (Phi) is 11.4. The van der Waals surface area contributed by atoms with Crippen LogP contribution >= 0.6 is 0 Å². The minimum Gasteiger partial charge on any atom is -0.450 e. The molecule has 2 rings (SSSR count). The van der Waals surface area contributed by atoms with E-state index in [0.29, 0.717) is 13.2 Å². The van der Waals surface area contributed by atoms with Gasteiger partial charge >= 0.3 is 6.09 Å². The first kappa shape index (κ1) is 22.8. The van der Waals surface area contributed by atoms with Crippen LogP contribution in [-0.2, 0) is 17.8 Å². The van der Waals surface area contributed by atoms with Crippen LogP contribution in [0.3, 0.4) is 0 Å². The second-order valence-corrected chi connectivity index (χ2v) is 7.18. The van der Waals surface area contributed by atoms with Crippen molar-refractivity contribution in [3.8, 4) is 0 Å². The monoisotopic (exact) mass is 398 g/mol. The van der Waals surface area contributed by atoms with Gasteiger partial charge < -0.3 is 10.1 Å². The summed E-state index contributed by atoms with van der Waals surface area (Å²) >= 11 is 0. The van der Waals surface area contributed by atoms with Crippen molar-refractivity contribution in [1.82, 2.24) is 20.2 Å². The molecule has 0 saturated heterocycles. The molecule has 0 atom stereocenters. The SMILES string of the molecule is CCCCOC(=O)NCCCCCCN(Cc1ccccn1)Cc1ccccn1. The Morgan fingerprint density at radius 1 is 0.931 bits per heavy atom. The number of nitrogens with zero attached hydrogens (tertiary/aromatic N) is 3. The number of pyridine rings is 2. The van der Waals surface area contributed by atoms with E-state index in [1.165, 1.54) is 0 Å². The number of hydrogen-bond acceptors (Lipinski definition) is 5. The number of carbonyl (C=O) groups excluding carboxylic acids is 1. The van der Waals surface area contributed by atoms with Crippen molar-refractivity contribution in [3.63, 3.8) is 0 Å². The first-order valence-corrected chi connectivity index (χ1v) is 10.7. The zero-order valence-electron chi connectivity index (χ0n) is 17.6. The maximum Gasteiger partial charge on any atom is 0.407 e. The molecule has 0 bridgehead atoms. The van der Waals surface area contributed by atoms with E-state index in [1.54, 1.807) is 0 Å². The van der Waals surface area contributed by atoms with Crippen LogP contribution in [0.15, 0.2) is 48.8 Å². The summed E-state index contributed by atoms with van der Waals surface area (Å²) in [6, 6.07) is 12.1. The molecule has 1 amide bonds. The smallest absolute Gasteiger partial charge is 0.407 e. The van der Waals surface area contributed by atoms with Gasteiger partial charge in [0, 0.05) is 32.0 Å². The summed E-state index contributed by atoms with van der Waals surface area (Å²) < 4.78 is 5.09. The Labute approximate surface area is 174 Å². The molecular formula is C23H34N4O2. The first-order chi connectivity index (χ1) is 14.3. The average molecular weight is 399 g/mol. The molecule has 1 N–H and O–H groups in total. The summed E-state index contributed by atoms with van der Waals surface area (Å²) in [6.45, 7) is 5.90. The third kappa shape index (κ3) is 10.6. The van der Waals surface area contributed by atoms with Gasteiger partial charge in [-0.1, -0.05) is 38.3 Å². The van der Waals surface area contributed by atoms with Crippen LogP contribution in [0.5, 0.6) is 0 Å². The van der Waals surface area contributed by atoms with E-state index in [0.717, 1.165) is 69.5 Å². The van der Waals surface area contributed by atoms with Crippen molar-refractivity contribution in [2.75, 3.05) is 19.7 Å². The topological polar surface area (TPSA) is 67.3 Å². The molecule has 0 fully saturated rings. The summed E-state index contributed by atoms with van der Waals surface area (Å²) in [5, 5.41) is 2.82. The number of hydrogen-bond donors (Lipinski definition) is 1. The van der Waals surface area contributed by atoms with Crippen LogP contribution in [-0.4, -0.2) is 40.7 Å². The first-order valence-electron chi connectivity index (χ1n) is 10.7.